The van der Waals surface area contributed by atoms with Crippen molar-refractivity contribution in [2.24, 2.45) is 5.92 Å². The van der Waals surface area contributed by atoms with E-state index in [2.05, 4.69) is 91.7 Å². The minimum atomic E-state index is -2.63. The minimum absolute atomic E-state index is 0.123. The molecule has 0 radical (unpaired) electrons. The molecule has 0 saturated heterocycles. The molecular weight excluding hydrogens is 534 g/mol. The molecule has 0 aliphatic heterocycles. The zero-order valence-electron chi connectivity index (χ0n) is 22.5. The standard InChI is InChI=1S/C17H18BrClN2O.C6H10F2.C5H12/c1-4-11(2)12(3)14-7-5-13(6-8-14)10-22-16-15(18)9-20-17(19)21-16;1-4-5(2)6(3,7)8;1-4-5(2)3/h5-9H,4,10H2,1-3H3;4H,1-3H3;5H,4H2,1-3H3/b;5-4+;. The summed E-state index contributed by atoms with van der Waals surface area (Å²) >= 11 is 9.11. The third kappa shape index (κ3) is 13.8. The Balaban J connectivity index is 0.000000735. The van der Waals surface area contributed by atoms with Gasteiger partial charge < -0.3 is 4.74 Å². The maximum absolute atomic E-state index is 12.0. The van der Waals surface area contributed by atoms with E-state index in [0.717, 1.165) is 24.8 Å². The lowest BCUT2D eigenvalue weighted by Gasteiger charge is -2.09. The van der Waals surface area contributed by atoms with Crippen molar-refractivity contribution in [3.63, 3.8) is 0 Å². The number of halogens is 4. The van der Waals surface area contributed by atoms with E-state index in [1.165, 1.54) is 36.1 Å². The van der Waals surface area contributed by atoms with Crippen molar-refractivity contribution in [3.8, 4) is 5.88 Å². The molecule has 35 heavy (non-hydrogen) atoms. The average molecular weight is 574 g/mol. The lowest BCUT2D eigenvalue weighted by Crippen LogP contribution is -2.10. The van der Waals surface area contributed by atoms with Gasteiger partial charge in [-0.05, 0) is 89.8 Å². The summed E-state index contributed by atoms with van der Waals surface area (Å²) in [6.07, 6.45) is 5.37. The molecular formula is C28H40BrClF2N2O. The quantitative estimate of drug-likeness (QED) is 0.244. The molecule has 1 heterocycles. The van der Waals surface area contributed by atoms with Crippen molar-refractivity contribution in [2.45, 2.75) is 87.7 Å². The van der Waals surface area contributed by atoms with Crippen LogP contribution in [0, 0.1) is 5.92 Å². The summed E-state index contributed by atoms with van der Waals surface area (Å²) < 4.78 is 30.5. The molecule has 1 aromatic heterocycles. The maximum atomic E-state index is 12.0. The molecule has 0 unspecified atom stereocenters. The summed E-state index contributed by atoms with van der Waals surface area (Å²) in [6, 6.07) is 8.38. The van der Waals surface area contributed by atoms with Crippen LogP contribution in [0.5, 0.6) is 5.88 Å². The number of nitrogens with zero attached hydrogens (tertiary/aromatic N) is 2. The number of benzene rings is 1. The van der Waals surface area contributed by atoms with Gasteiger partial charge in [0.1, 0.15) is 6.61 Å². The van der Waals surface area contributed by atoms with Gasteiger partial charge in [-0.2, -0.15) is 4.98 Å². The van der Waals surface area contributed by atoms with Gasteiger partial charge in [0.2, 0.25) is 11.2 Å². The molecule has 196 valence electrons. The molecule has 2 rings (SSSR count). The van der Waals surface area contributed by atoms with Crippen LogP contribution in [-0.4, -0.2) is 15.9 Å². The first-order valence-electron chi connectivity index (χ1n) is 11.8. The second-order valence-electron chi connectivity index (χ2n) is 8.70. The van der Waals surface area contributed by atoms with Crippen LogP contribution >= 0.6 is 27.5 Å². The summed E-state index contributed by atoms with van der Waals surface area (Å²) in [5.41, 5.74) is 5.18. The number of rotatable bonds is 7. The van der Waals surface area contributed by atoms with Crippen molar-refractivity contribution in [1.29, 1.82) is 0 Å². The van der Waals surface area contributed by atoms with E-state index in [9.17, 15) is 8.78 Å². The lowest BCUT2D eigenvalue weighted by atomic mass is 10.00. The van der Waals surface area contributed by atoms with Crippen LogP contribution < -0.4 is 4.74 Å². The van der Waals surface area contributed by atoms with Gasteiger partial charge in [0, 0.05) is 13.1 Å². The highest BCUT2D eigenvalue weighted by Crippen LogP contribution is 2.24. The van der Waals surface area contributed by atoms with Crippen molar-refractivity contribution in [2.75, 3.05) is 0 Å². The van der Waals surface area contributed by atoms with Crippen molar-refractivity contribution < 1.29 is 13.5 Å². The van der Waals surface area contributed by atoms with Crippen LogP contribution in [-0.2, 0) is 6.61 Å². The fourth-order valence-corrected chi connectivity index (χ4v) is 2.63. The number of aromatic nitrogens is 2. The Morgan fingerprint density at radius 1 is 1.14 bits per heavy atom. The van der Waals surface area contributed by atoms with E-state index < -0.39 is 5.92 Å². The Morgan fingerprint density at radius 2 is 1.69 bits per heavy atom. The Hall–Kier alpha value is -1.79. The Morgan fingerprint density at radius 3 is 2.09 bits per heavy atom. The van der Waals surface area contributed by atoms with Crippen molar-refractivity contribution in [1.82, 2.24) is 9.97 Å². The van der Waals surface area contributed by atoms with Gasteiger partial charge in [-0.15, -0.1) is 0 Å². The number of ether oxygens (including phenoxy) is 1. The molecule has 0 N–H and O–H groups in total. The molecule has 0 saturated carbocycles. The molecule has 7 heteroatoms. The van der Waals surface area contributed by atoms with Gasteiger partial charge in [-0.25, -0.2) is 13.8 Å². The highest BCUT2D eigenvalue weighted by atomic mass is 79.9. The topological polar surface area (TPSA) is 35.0 Å². The van der Waals surface area contributed by atoms with Gasteiger partial charge in [0.25, 0.3) is 5.92 Å². The first kappa shape index (κ1) is 33.2. The zero-order valence-corrected chi connectivity index (χ0v) is 24.8. The van der Waals surface area contributed by atoms with Crippen LogP contribution in [0.3, 0.4) is 0 Å². The van der Waals surface area contributed by atoms with E-state index >= 15 is 0 Å². The molecule has 3 nitrogen and oxygen atoms in total. The van der Waals surface area contributed by atoms with E-state index in [0.29, 0.717) is 17.0 Å². The van der Waals surface area contributed by atoms with Crippen LogP contribution in [0.2, 0.25) is 5.28 Å². The first-order chi connectivity index (χ1) is 16.3. The Labute approximate surface area is 224 Å². The van der Waals surface area contributed by atoms with Crippen LogP contribution in [0.1, 0.15) is 86.3 Å². The normalized spacial score (nSPS) is 12.2. The second kappa shape index (κ2) is 16.8. The van der Waals surface area contributed by atoms with Gasteiger partial charge in [0.15, 0.2) is 0 Å². The predicted molar refractivity (Wildman–Crippen MR) is 149 cm³/mol. The predicted octanol–water partition coefficient (Wildman–Crippen LogP) is 10.3. The van der Waals surface area contributed by atoms with E-state index in [1.807, 2.05) is 0 Å². The third-order valence-corrected chi connectivity index (χ3v) is 6.28. The highest BCUT2D eigenvalue weighted by Gasteiger charge is 2.22. The minimum Gasteiger partial charge on any atom is -0.472 e. The summed E-state index contributed by atoms with van der Waals surface area (Å²) in [4.78, 5) is 7.92. The molecule has 0 spiro atoms. The summed E-state index contributed by atoms with van der Waals surface area (Å²) in [5, 5.41) is 0.171. The molecule has 0 amide bonds. The van der Waals surface area contributed by atoms with E-state index in [4.69, 9.17) is 16.3 Å². The summed E-state index contributed by atoms with van der Waals surface area (Å²) in [5.74, 6) is -1.30. The molecule has 0 fully saturated rings. The molecule has 0 aliphatic rings. The van der Waals surface area contributed by atoms with Crippen molar-refractivity contribution >= 4 is 33.1 Å². The van der Waals surface area contributed by atoms with Crippen LogP contribution in [0.25, 0.3) is 5.57 Å². The first-order valence-corrected chi connectivity index (χ1v) is 13.0. The van der Waals surface area contributed by atoms with E-state index in [-0.39, 0.29) is 10.9 Å². The van der Waals surface area contributed by atoms with Crippen LogP contribution in [0.15, 0.2) is 52.2 Å². The summed E-state index contributed by atoms with van der Waals surface area (Å²) in [6.45, 7) is 17.5. The van der Waals surface area contributed by atoms with Crippen LogP contribution in [0.4, 0.5) is 8.78 Å². The Kier molecular flexibility index (Phi) is 15.9. The fraction of sp³-hybridized carbons (Fsp3) is 0.500. The van der Waals surface area contributed by atoms with Gasteiger partial charge in [-0.3, -0.25) is 0 Å². The molecule has 0 atom stereocenters. The van der Waals surface area contributed by atoms with Gasteiger partial charge in [-0.1, -0.05) is 70.0 Å². The average Bonchev–Trinajstić information content (AvgIpc) is 2.83. The summed E-state index contributed by atoms with van der Waals surface area (Å²) in [7, 11) is 0. The smallest absolute Gasteiger partial charge is 0.266 e. The number of hydrogen-bond donors (Lipinski definition) is 0. The second-order valence-corrected chi connectivity index (χ2v) is 9.89. The fourth-order valence-electron chi connectivity index (χ4n) is 2.20. The number of allylic oxidation sites excluding steroid dienone is 4. The molecule has 0 aliphatic carbocycles. The zero-order chi connectivity index (χ0) is 27.2. The van der Waals surface area contributed by atoms with Gasteiger partial charge in [0.05, 0.1) is 4.47 Å². The van der Waals surface area contributed by atoms with E-state index in [1.54, 1.807) is 13.1 Å². The molecule has 1 aromatic carbocycles. The highest BCUT2D eigenvalue weighted by molar-refractivity contribution is 9.10. The van der Waals surface area contributed by atoms with Gasteiger partial charge >= 0.3 is 0 Å². The Bertz CT molecular complexity index is 952. The monoisotopic (exact) mass is 572 g/mol. The number of hydrogen-bond acceptors (Lipinski definition) is 3. The number of alkyl halides is 2. The van der Waals surface area contributed by atoms with Crippen molar-refractivity contribution in [3.05, 3.63) is 68.6 Å². The SMILES string of the molecule is C/C=C(\C)C(C)(F)F.CCC(C)=C(C)c1ccc(COc2nc(Cl)ncc2Br)cc1.CCC(C)C. The lowest BCUT2D eigenvalue weighted by molar-refractivity contribution is 0.0633. The largest absolute Gasteiger partial charge is 0.472 e. The maximum Gasteiger partial charge on any atom is 0.266 e. The third-order valence-electron chi connectivity index (χ3n) is 5.56. The molecule has 2 aromatic rings. The molecule has 0 bridgehead atoms.